The number of hydrogen-bond acceptors (Lipinski definition) is 6. The molecule has 0 atom stereocenters. The molecular formula is C17H5BrF8N4O2. The van der Waals surface area contributed by atoms with Crippen molar-refractivity contribution in [2.75, 3.05) is 5.43 Å². The van der Waals surface area contributed by atoms with Gasteiger partial charge in [0.05, 0.1) is 10.0 Å². The van der Waals surface area contributed by atoms with Crippen LogP contribution in [-0.2, 0) is 6.18 Å². The largest absolute Gasteiger partial charge is 0.573 e. The number of hydrogen-bond donors (Lipinski definition) is 1. The summed E-state index contributed by atoms with van der Waals surface area (Å²) in [6, 6.07) is 3.82. The lowest BCUT2D eigenvalue weighted by molar-refractivity contribution is -0.274. The van der Waals surface area contributed by atoms with Crippen molar-refractivity contribution in [1.82, 2.24) is 0 Å². The van der Waals surface area contributed by atoms with Gasteiger partial charge in [0.2, 0.25) is 5.71 Å². The van der Waals surface area contributed by atoms with Gasteiger partial charge in [-0.2, -0.15) is 28.8 Å². The van der Waals surface area contributed by atoms with Gasteiger partial charge in [-0.1, -0.05) is 0 Å². The van der Waals surface area contributed by atoms with Crippen LogP contribution in [0, 0.1) is 34.3 Å². The summed E-state index contributed by atoms with van der Waals surface area (Å²) >= 11 is 2.78. The summed E-state index contributed by atoms with van der Waals surface area (Å²) in [7, 11) is 0. The SMILES string of the molecule is N#CC(C#N)=NNc1cc(OC(F)(F)F)cc(Br)c1Oc1c(F)cc(C(F)(F)F)cc1F. The Balaban J connectivity index is 2.59. The summed E-state index contributed by atoms with van der Waals surface area (Å²) in [6.45, 7) is 0. The average Bonchev–Trinajstić information content (AvgIpc) is 2.64. The Hall–Kier alpha value is -3.59. The Morgan fingerprint density at radius 3 is 1.97 bits per heavy atom. The molecule has 2 rings (SSSR count). The molecule has 1 N–H and O–H groups in total. The average molecular weight is 529 g/mol. The van der Waals surface area contributed by atoms with Crippen LogP contribution in [0.1, 0.15) is 5.56 Å². The molecule has 168 valence electrons. The molecule has 32 heavy (non-hydrogen) atoms. The van der Waals surface area contributed by atoms with Gasteiger partial charge in [-0.15, -0.1) is 13.2 Å². The quantitative estimate of drug-likeness (QED) is 0.281. The maximum atomic E-state index is 14.1. The fraction of sp³-hybridized carbons (Fsp3) is 0.118. The molecule has 0 saturated heterocycles. The lowest BCUT2D eigenvalue weighted by Gasteiger charge is -2.17. The number of benzene rings is 2. The predicted molar refractivity (Wildman–Crippen MR) is 94.5 cm³/mol. The zero-order valence-corrected chi connectivity index (χ0v) is 16.5. The van der Waals surface area contributed by atoms with E-state index in [0.29, 0.717) is 12.1 Å². The first-order valence-electron chi connectivity index (χ1n) is 7.72. The first kappa shape index (κ1) is 24.7. The maximum Gasteiger partial charge on any atom is 0.573 e. The molecule has 0 bridgehead atoms. The molecule has 0 aliphatic rings. The van der Waals surface area contributed by atoms with Crippen LogP contribution in [0.15, 0.2) is 33.8 Å². The van der Waals surface area contributed by atoms with Crippen LogP contribution >= 0.6 is 15.9 Å². The van der Waals surface area contributed by atoms with Crippen molar-refractivity contribution in [1.29, 1.82) is 10.5 Å². The molecule has 0 fully saturated rings. The fourth-order valence-electron chi connectivity index (χ4n) is 2.06. The van der Waals surface area contributed by atoms with E-state index in [1.54, 1.807) is 0 Å². The molecule has 0 amide bonds. The lowest BCUT2D eigenvalue weighted by atomic mass is 10.2. The van der Waals surface area contributed by atoms with E-state index in [4.69, 9.17) is 15.3 Å². The van der Waals surface area contributed by atoms with Crippen LogP contribution in [0.4, 0.5) is 40.8 Å². The first-order chi connectivity index (χ1) is 14.7. The topological polar surface area (TPSA) is 90.4 Å². The number of alkyl halides is 6. The van der Waals surface area contributed by atoms with Crippen LogP contribution in [0.5, 0.6) is 17.2 Å². The van der Waals surface area contributed by atoms with E-state index < -0.39 is 62.9 Å². The number of rotatable bonds is 5. The lowest BCUT2D eigenvalue weighted by Crippen LogP contribution is -2.17. The maximum absolute atomic E-state index is 14.1. The number of ether oxygens (including phenoxy) is 2. The molecule has 0 aromatic heterocycles. The predicted octanol–water partition coefficient (Wildman–Crippen LogP) is 6.25. The molecule has 2 aromatic rings. The minimum atomic E-state index is -5.14. The second-order valence-corrected chi connectivity index (χ2v) is 6.35. The minimum absolute atomic E-state index is 0.0534. The van der Waals surface area contributed by atoms with Crippen molar-refractivity contribution in [3.05, 3.63) is 45.9 Å². The van der Waals surface area contributed by atoms with E-state index in [1.165, 1.54) is 12.1 Å². The molecule has 15 heteroatoms. The van der Waals surface area contributed by atoms with Crippen molar-refractivity contribution in [2.45, 2.75) is 12.5 Å². The van der Waals surface area contributed by atoms with Crippen molar-refractivity contribution < 1.29 is 44.6 Å². The fourth-order valence-corrected chi connectivity index (χ4v) is 2.58. The number of nitriles is 2. The summed E-state index contributed by atoms with van der Waals surface area (Å²) < 4.78 is 112. The third kappa shape index (κ3) is 6.21. The van der Waals surface area contributed by atoms with Gasteiger partial charge in [0, 0.05) is 6.07 Å². The van der Waals surface area contributed by atoms with Crippen LogP contribution in [0.25, 0.3) is 0 Å². The third-order valence-corrected chi connectivity index (χ3v) is 3.87. The highest BCUT2D eigenvalue weighted by atomic mass is 79.9. The summed E-state index contributed by atoms with van der Waals surface area (Å²) in [5.41, 5.74) is -1.04. The molecular weight excluding hydrogens is 524 g/mol. The van der Waals surface area contributed by atoms with Crippen molar-refractivity contribution in [3.63, 3.8) is 0 Å². The monoisotopic (exact) mass is 528 g/mol. The van der Waals surface area contributed by atoms with Crippen molar-refractivity contribution in [3.8, 4) is 29.4 Å². The van der Waals surface area contributed by atoms with Gasteiger partial charge < -0.3 is 9.47 Å². The van der Waals surface area contributed by atoms with Crippen LogP contribution in [-0.4, -0.2) is 12.1 Å². The molecule has 0 aliphatic carbocycles. The third-order valence-electron chi connectivity index (χ3n) is 3.28. The van der Waals surface area contributed by atoms with Gasteiger partial charge in [0.15, 0.2) is 23.1 Å². The number of nitrogens with one attached hydrogen (secondary N) is 1. The number of anilines is 1. The van der Waals surface area contributed by atoms with E-state index in [1.807, 2.05) is 5.43 Å². The van der Waals surface area contributed by atoms with E-state index in [9.17, 15) is 35.1 Å². The smallest absolute Gasteiger partial charge is 0.448 e. The van der Waals surface area contributed by atoms with Crippen LogP contribution in [0.2, 0.25) is 0 Å². The van der Waals surface area contributed by atoms with Gasteiger partial charge in [-0.05, 0) is 34.1 Å². The summed E-state index contributed by atoms with van der Waals surface area (Å²) in [6.07, 6.45) is -10.2. The summed E-state index contributed by atoms with van der Waals surface area (Å²) in [4.78, 5) is 0. The molecule has 2 aromatic carbocycles. The zero-order valence-electron chi connectivity index (χ0n) is 14.9. The number of halogens is 9. The molecule has 0 unspecified atom stereocenters. The van der Waals surface area contributed by atoms with E-state index in [2.05, 4.69) is 25.8 Å². The van der Waals surface area contributed by atoms with Crippen LogP contribution in [0.3, 0.4) is 0 Å². The van der Waals surface area contributed by atoms with Gasteiger partial charge in [0.25, 0.3) is 0 Å². The van der Waals surface area contributed by atoms with E-state index >= 15 is 0 Å². The highest BCUT2D eigenvalue weighted by Gasteiger charge is 2.34. The highest BCUT2D eigenvalue weighted by Crippen LogP contribution is 2.43. The Bertz CT molecular complexity index is 1110. The molecule has 0 saturated carbocycles. The molecule has 0 radical (unpaired) electrons. The summed E-state index contributed by atoms with van der Waals surface area (Å²) in [5, 5.41) is 20.6. The number of hydrazone groups is 1. The van der Waals surface area contributed by atoms with Crippen molar-refractivity contribution >= 4 is 27.3 Å². The first-order valence-corrected chi connectivity index (χ1v) is 8.51. The molecule has 0 spiro atoms. The van der Waals surface area contributed by atoms with Gasteiger partial charge in [0.1, 0.15) is 23.6 Å². The van der Waals surface area contributed by atoms with E-state index in [-0.39, 0.29) is 12.1 Å². The Kier molecular flexibility index (Phi) is 7.15. The van der Waals surface area contributed by atoms with E-state index in [0.717, 1.165) is 0 Å². The highest BCUT2D eigenvalue weighted by molar-refractivity contribution is 9.10. The minimum Gasteiger partial charge on any atom is -0.448 e. The second kappa shape index (κ2) is 9.27. The Labute approximate surface area is 181 Å². The van der Waals surface area contributed by atoms with Crippen LogP contribution < -0.4 is 14.9 Å². The number of nitrogens with zero attached hydrogens (tertiary/aromatic N) is 3. The second-order valence-electron chi connectivity index (χ2n) is 5.49. The Morgan fingerprint density at radius 2 is 1.50 bits per heavy atom. The molecule has 0 heterocycles. The molecule has 0 aliphatic heterocycles. The zero-order chi connectivity index (χ0) is 24.3. The van der Waals surface area contributed by atoms with Crippen molar-refractivity contribution in [2.24, 2.45) is 5.10 Å². The summed E-state index contributed by atoms with van der Waals surface area (Å²) in [5.74, 6) is -6.40. The van der Waals surface area contributed by atoms with Gasteiger partial charge in [-0.3, -0.25) is 5.43 Å². The normalized spacial score (nSPS) is 11.2. The standard InChI is InChI=1S/C17H5BrF8N4O2/c18-10-3-9(32-17(24,25)26)4-13(30-29-8(5-27)6-28)14(10)31-15-11(19)1-7(2-12(15)20)16(21,22)23/h1-4,30H. The van der Waals surface area contributed by atoms with Gasteiger partial charge >= 0.3 is 12.5 Å². The molecule has 6 nitrogen and oxygen atoms in total. The Morgan fingerprint density at radius 1 is 0.938 bits per heavy atom. The van der Waals surface area contributed by atoms with Gasteiger partial charge in [-0.25, -0.2) is 8.78 Å².